The van der Waals surface area contributed by atoms with Gasteiger partial charge in [0.1, 0.15) is 17.7 Å². The van der Waals surface area contributed by atoms with Gasteiger partial charge in [0, 0.05) is 18.3 Å². The fourth-order valence-electron chi connectivity index (χ4n) is 3.14. The fraction of sp³-hybridized carbons (Fsp3) is 0.300. The number of hydrogen-bond donors (Lipinski definition) is 1. The minimum absolute atomic E-state index is 0.420. The highest BCUT2D eigenvalue weighted by Gasteiger charge is 2.15. The van der Waals surface area contributed by atoms with E-state index in [2.05, 4.69) is 31.5 Å². The SMILES string of the molecule is C1=C(CCNc2ncncc2-c2nc(-c3ccccc3)no2)CCCC1. The van der Waals surface area contributed by atoms with Crippen LogP contribution in [0.25, 0.3) is 22.8 Å². The lowest BCUT2D eigenvalue weighted by molar-refractivity contribution is 0.432. The van der Waals surface area contributed by atoms with Gasteiger partial charge in [0.2, 0.25) is 5.82 Å². The Balaban J connectivity index is 1.49. The Morgan fingerprint density at radius 3 is 2.88 bits per heavy atom. The van der Waals surface area contributed by atoms with Gasteiger partial charge in [0.25, 0.3) is 5.89 Å². The first-order valence-corrected chi connectivity index (χ1v) is 9.01. The van der Waals surface area contributed by atoms with E-state index >= 15 is 0 Å². The van der Waals surface area contributed by atoms with E-state index in [0.717, 1.165) is 29.9 Å². The Labute approximate surface area is 152 Å². The van der Waals surface area contributed by atoms with Crippen molar-refractivity contribution in [2.24, 2.45) is 0 Å². The summed E-state index contributed by atoms with van der Waals surface area (Å²) in [5.74, 6) is 1.70. The van der Waals surface area contributed by atoms with Gasteiger partial charge < -0.3 is 9.84 Å². The third kappa shape index (κ3) is 3.79. The molecule has 1 aliphatic carbocycles. The Kier molecular flexibility index (Phi) is 5.00. The van der Waals surface area contributed by atoms with Crippen LogP contribution in [0.5, 0.6) is 0 Å². The van der Waals surface area contributed by atoms with E-state index in [9.17, 15) is 0 Å². The van der Waals surface area contributed by atoms with Crippen molar-refractivity contribution < 1.29 is 4.52 Å². The van der Waals surface area contributed by atoms with Gasteiger partial charge >= 0.3 is 0 Å². The summed E-state index contributed by atoms with van der Waals surface area (Å²) in [5, 5.41) is 7.47. The number of nitrogens with zero attached hydrogens (tertiary/aromatic N) is 4. The molecule has 132 valence electrons. The minimum Gasteiger partial charge on any atom is -0.369 e. The Morgan fingerprint density at radius 2 is 2.04 bits per heavy atom. The van der Waals surface area contributed by atoms with Crippen LogP contribution in [0.4, 0.5) is 5.82 Å². The number of anilines is 1. The maximum Gasteiger partial charge on any atom is 0.263 e. The lowest BCUT2D eigenvalue weighted by Gasteiger charge is -2.13. The highest BCUT2D eigenvalue weighted by Crippen LogP contribution is 2.26. The van der Waals surface area contributed by atoms with Crippen LogP contribution in [0.1, 0.15) is 32.1 Å². The zero-order chi connectivity index (χ0) is 17.6. The first kappa shape index (κ1) is 16.4. The van der Waals surface area contributed by atoms with Crippen LogP contribution >= 0.6 is 0 Å². The second kappa shape index (κ2) is 7.91. The van der Waals surface area contributed by atoms with Crippen LogP contribution in [0.2, 0.25) is 0 Å². The van der Waals surface area contributed by atoms with Gasteiger partial charge in [-0.15, -0.1) is 0 Å². The zero-order valence-electron chi connectivity index (χ0n) is 14.6. The topological polar surface area (TPSA) is 76.7 Å². The third-order valence-corrected chi connectivity index (χ3v) is 4.52. The lowest BCUT2D eigenvalue weighted by atomic mass is 9.97. The van der Waals surface area contributed by atoms with Crippen LogP contribution in [0, 0.1) is 0 Å². The normalized spacial score (nSPS) is 14.1. The van der Waals surface area contributed by atoms with Gasteiger partial charge in [0.15, 0.2) is 0 Å². The monoisotopic (exact) mass is 347 g/mol. The molecule has 0 atom stereocenters. The van der Waals surface area contributed by atoms with Gasteiger partial charge in [0.05, 0.1) is 0 Å². The van der Waals surface area contributed by atoms with Crippen molar-refractivity contribution in [2.45, 2.75) is 32.1 Å². The van der Waals surface area contributed by atoms with E-state index in [-0.39, 0.29) is 0 Å². The van der Waals surface area contributed by atoms with Crippen LogP contribution in [-0.2, 0) is 0 Å². The lowest BCUT2D eigenvalue weighted by Crippen LogP contribution is -2.07. The molecule has 1 N–H and O–H groups in total. The average Bonchev–Trinajstić information content (AvgIpc) is 3.20. The van der Waals surface area contributed by atoms with Gasteiger partial charge in [-0.2, -0.15) is 4.98 Å². The predicted molar refractivity (Wildman–Crippen MR) is 100 cm³/mol. The van der Waals surface area contributed by atoms with Crippen molar-refractivity contribution in [3.63, 3.8) is 0 Å². The van der Waals surface area contributed by atoms with Gasteiger partial charge in [-0.3, -0.25) is 0 Å². The average molecular weight is 347 g/mol. The molecule has 26 heavy (non-hydrogen) atoms. The number of rotatable bonds is 6. The van der Waals surface area contributed by atoms with Crippen LogP contribution < -0.4 is 5.32 Å². The van der Waals surface area contributed by atoms with Crippen molar-refractivity contribution in [3.05, 3.63) is 54.5 Å². The van der Waals surface area contributed by atoms with E-state index in [1.54, 1.807) is 6.20 Å². The molecule has 0 bridgehead atoms. The van der Waals surface area contributed by atoms with Crippen LogP contribution in [0.15, 0.2) is 59.0 Å². The summed E-state index contributed by atoms with van der Waals surface area (Å²) in [7, 11) is 0. The zero-order valence-corrected chi connectivity index (χ0v) is 14.6. The maximum absolute atomic E-state index is 5.45. The van der Waals surface area contributed by atoms with Gasteiger partial charge in [-0.1, -0.05) is 47.1 Å². The van der Waals surface area contributed by atoms with E-state index in [0.29, 0.717) is 11.7 Å². The molecule has 1 aromatic carbocycles. The largest absolute Gasteiger partial charge is 0.369 e. The molecule has 1 aliphatic rings. The van der Waals surface area contributed by atoms with Crippen molar-refractivity contribution in [1.82, 2.24) is 20.1 Å². The molecule has 2 heterocycles. The van der Waals surface area contributed by atoms with Crippen molar-refractivity contribution in [2.75, 3.05) is 11.9 Å². The molecule has 2 aromatic heterocycles. The van der Waals surface area contributed by atoms with Gasteiger partial charge in [-0.05, 0) is 32.1 Å². The third-order valence-electron chi connectivity index (χ3n) is 4.52. The van der Waals surface area contributed by atoms with E-state index in [1.165, 1.54) is 37.6 Å². The summed E-state index contributed by atoms with van der Waals surface area (Å²) >= 11 is 0. The molecule has 0 amide bonds. The Hall–Kier alpha value is -3.02. The molecular weight excluding hydrogens is 326 g/mol. The molecule has 0 saturated carbocycles. The molecule has 6 heteroatoms. The van der Waals surface area contributed by atoms with Crippen molar-refractivity contribution >= 4 is 5.82 Å². The van der Waals surface area contributed by atoms with Crippen LogP contribution in [0.3, 0.4) is 0 Å². The summed E-state index contributed by atoms with van der Waals surface area (Å²) in [6, 6.07) is 9.76. The fourth-order valence-corrected chi connectivity index (χ4v) is 3.14. The minimum atomic E-state index is 0.420. The quantitative estimate of drug-likeness (QED) is 0.662. The molecule has 6 nitrogen and oxygen atoms in total. The molecule has 0 spiro atoms. The van der Waals surface area contributed by atoms with E-state index < -0.39 is 0 Å². The van der Waals surface area contributed by atoms with Gasteiger partial charge in [-0.25, -0.2) is 9.97 Å². The standard InChI is InChI=1S/C20H21N5O/c1-3-7-15(8-4-1)11-12-22-19-17(13-21-14-23-19)20-24-18(25-26-20)16-9-5-2-6-10-16/h2,5-7,9-10,13-14H,1,3-4,8,11-12H2,(H,21,22,23). The summed E-state index contributed by atoms with van der Waals surface area (Å²) in [4.78, 5) is 13.0. The summed E-state index contributed by atoms with van der Waals surface area (Å²) in [6.07, 6.45) is 11.7. The summed E-state index contributed by atoms with van der Waals surface area (Å²) in [5.41, 5.74) is 3.17. The number of aromatic nitrogens is 4. The van der Waals surface area contributed by atoms with Crippen LogP contribution in [-0.4, -0.2) is 26.7 Å². The van der Waals surface area contributed by atoms with Crippen molar-refractivity contribution in [1.29, 1.82) is 0 Å². The summed E-state index contributed by atoms with van der Waals surface area (Å²) < 4.78 is 5.45. The second-order valence-corrected chi connectivity index (χ2v) is 6.36. The highest BCUT2D eigenvalue weighted by atomic mass is 16.5. The molecule has 0 radical (unpaired) electrons. The second-order valence-electron chi connectivity index (χ2n) is 6.36. The number of benzene rings is 1. The molecule has 0 aliphatic heterocycles. The molecule has 3 aromatic rings. The number of nitrogens with one attached hydrogen (secondary N) is 1. The maximum atomic E-state index is 5.45. The Bertz CT molecular complexity index is 888. The predicted octanol–water partition coefficient (Wildman–Crippen LogP) is 4.50. The molecular formula is C20H21N5O. The number of hydrogen-bond acceptors (Lipinski definition) is 6. The molecule has 0 unspecified atom stereocenters. The number of allylic oxidation sites excluding steroid dienone is 1. The highest BCUT2D eigenvalue weighted by molar-refractivity contribution is 5.69. The smallest absolute Gasteiger partial charge is 0.263 e. The first-order valence-electron chi connectivity index (χ1n) is 9.01. The van der Waals surface area contributed by atoms with E-state index in [1.807, 2.05) is 30.3 Å². The van der Waals surface area contributed by atoms with E-state index in [4.69, 9.17) is 4.52 Å². The molecule has 0 saturated heterocycles. The molecule has 4 rings (SSSR count). The Morgan fingerprint density at radius 1 is 1.12 bits per heavy atom. The van der Waals surface area contributed by atoms with Crippen molar-refractivity contribution in [3.8, 4) is 22.8 Å². The first-order chi connectivity index (χ1) is 12.9. The molecule has 0 fully saturated rings. The summed E-state index contributed by atoms with van der Waals surface area (Å²) in [6.45, 7) is 0.829.